The number of urea groups is 1. The topological polar surface area (TPSA) is 78.9 Å². The smallest absolute Gasteiger partial charge is 0.319 e. The predicted molar refractivity (Wildman–Crippen MR) is 83.4 cm³/mol. The molecular formula is C15H18FN5O. The molecule has 0 saturated heterocycles. The summed E-state index contributed by atoms with van der Waals surface area (Å²) in [6, 6.07) is 7.84. The molecule has 1 aromatic carbocycles. The first-order chi connectivity index (χ1) is 10.6. The van der Waals surface area contributed by atoms with Gasteiger partial charge < -0.3 is 16.0 Å². The van der Waals surface area contributed by atoms with E-state index in [2.05, 4.69) is 26.1 Å². The average Bonchev–Trinajstić information content (AvgIpc) is 2.50. The lowest BCUT2D eigenvalue weighted by atomic mass is 10.2. The van der Waals surface area contributed by atoms with Crippen LogP contribution in [0.4, 0.5) is 20.7 Å². The highest BCUT2D eigenvalue weighted by Gasteiger charge is 2.06. The van der Waals surface area contributed by atoms with Gasteiger partial charge in [-0.2, -0.15) is 5.10 Å². The number of anilines is 2. The molecule has 0 atom stereocenters. The molecule has 1 aromatic heterocycles. The Morgan fingerprint density at radius 3 is 2.68 bits per heavy atom. The minimum atomic E-state index is -0.384. The highest BCUT2D eigenvalue weighted by Crippen LogP contribution is 2.16. The minimum absolute atomic E-state index is 0.350. The number of carbonyl (C=O) groups excluding carboxylic acids is 1. The van der Waals surface area contributed by atoms with E-state index in [1.54, 1.807) is 19.1 Å². The zero-order chi connectivity index (χ0) is 15.9. The molecule has 116 valence electrons. The van der Waals surface area contributed by atoms with Gasteiger partial charge >= 0.3 is 6.03 Å². The Bertz CT molecular complexity index is 645. The average molecular weight is 303 g/mol. The molecule has 0 aliphatic heterocycles. The van der Waals surface area contributed by atoms with E-state index in [-0.39, 0.29) is 11.8 Å². The van der Waals surface area contributed by atoms with Crippen molar-refractivity contribution in [1.29, 1.82) is 0 Å². The van der Waals surface area contributed by atoms with Crippen molar-refractivity contribution in [3.63, 3.8) is 0 Å². The fourth-order valence-electron chi connectivity index (χ4n) is 1.77. The lowest BCUT2D eigenvalue weighted by Crippen LogP contribution is -2.33. The van der Waals surface area contributed by atoms with Crippen molar-refractivity contribution >= 4 is 17.5 Å². The molecule has 2 amide bonds. The van der Waals surface area contributed by atoms with Crippen LogP contribution in [0.5, 0.6) is 0 Å². The molecule has 3 N–H and O–H groups in total. The van der Waals surface area contributed by atoms with E-state index in [1.807, 2.05) is 19.1 Å². The summed E-state index contributed by atoms with van der Waals surface area (Å²) >= 11 is 0. The van der Waals surface area contributed by atoms with Gasteiger partial charge in [-0.25, -0.2) is 9.18 Å². The number of benzene rings is 1. The first-order valence-corrected chi connectivity index (χ1v) is 6.90. The van der Waals surface area contributed by atoms with Gasteiger partial charge in [-0.3, -0.25) is 0 Å². The lowest BCUT2D eigenvalue weighted by Gasteiger charge is -2.10. The van der Waals surface area contributed by atoms with E-state index in [0.29, 0.717) is 30.2 Å². The van der Waals surface area contributed by atoms with E-state index in [1.165, 1.54) is 6.07 Å². The second-order valence-corrected chi connectivity index (χ2v) is 4.78. The number of hydrogen-bond acceptors (Lipinski definition) is 4. The van der Waals surface area contributed by atoms with Crippen LogP contribution in [0, 0.1) is 19.7 Å². The summed E-state index contributed by atoms with van der Waals surface area (Å²) in [7, 11) is 0. The lowest BCUT2D eigenvalue weighted by molar-refractivity contribution is 0.252. The number of carbonyl (C=O) groups is 1. The van der Waals surface area contributed by atoms with Crippen molar-refractivity contribution in [3.05, 3.63) is 47.4 Å². The van der Waals surface area contributed by atoms with E-state index >= 15 is 0 Å². The molecule has 0 fully saturated rings. The van der Waals surface area contributed by atoms with Gasteiger partial charge in [-0.05, 0) is 38.1 Å². The summed E-state index contributed by atoms with van der Waals surface area (Å²) in [5, 5.41) is 16.2. The zero-order valence-corrected chi connectivity index (χ0v) is 12.5. The van der Waals surface area contributed by atoms with Gasteiger partial charge in [0.25, 0.3) is 0 Å². The third kappa shape index (κ3) is 4.41. The van der Waals surface area contributed by atoms with Crippen LogP contribution < -0.4 is 16.0 Å². The van der Waals surface area contributed by atoms with Crippen molar-refractivity contribution in [3.8, 4) is 0 Å². The number of rotatable bonds is 5. The van der Waals surface area contributed by atoms with E-state index < -0.39 is 0 Å². The van der Waals surface area contributed by atoms with E-state index in [9.17, 15) is 9.18 Å². The third-order valence-electron chi connectivity index (χ3n) is 3.03. The summed E-state index contributed by atoms with van der Waals surface area (Å²) < 4.78 is 13.4. The van der Waals surface area contributed by atoms with Gasteiger partial charge in [0.1, 0.15) is 11.6 Å². The van der Waals surface area contributed by atoms with Crippen molar-refractivity contribution in [2.75, 3.05) is 23.7 Å². The fourth-order valence-corrected chi connectivity index (χ4v) is 1.77. The van der Waals surface area contributed by atoms with Crippen LogP contribution in [-0.2, 0) is 0 Å². The first-order valence-electron chi connectivity index (χ1n) is 6.90. The van der Waals surface area contributed by atoms with Crippen LogP contribution in [0.1, 0.15) is 11.3 Å². The standard InChI is InChI=1S/C15H18FN5O/c1-10-6-7-14(21-20-10)17-8-9-18-15(22)19-13-5-3-4-12(16)11(13)2/h3-7H,8-9H2,1-2H3,(H,17,21)(H2,18,19,22). The number of amides is 2. The molecule has 0 unspecified atom stereocenters. The highest BCUT2D eigenvalue weighted by atomic mass is 19.1. The first kappa shape index (κ1) is 15.7. The van der Waals surface area contributed by atoms with Gasteiger partial charge in [0.2, 0.25) is 0 Å². The second kappa shape index (κ2) is 7.35. The Kier molecular flexibility index (Phi) is 5.24. The molecule has 0 radical (unpaired) electrons. The molecule has 2 aromatic rings. The Labute approximate surface area is 128 Å². The quantitative estimate of drug-likeness (QED) is 0.741. The number of hydrogen-bond donors (Lipinski definition) is 3. The SMILES string of the molecule is Cc1ccc(NCCNC(=O)Nc2cccc(F)c2C)nn1. The molecule has 2 rings (SSSR count). The molecule has 0 saturated carbocycles. The number of aryl methyl sites for hydroxylation is 1. The fraction of sp³-hybridized carbons (Fsp3) is 0.267. The monoisotopic (exact) mass is 303 g/mol. The molecule has 0 spiro atoms. The summed E-state index contributed by atoms with van der Waals surface area (Å²) in [6.45, 7) is 4.38. The van der Waals surface area contributed by atoms with E-state index in [0.717, 1.165) is 5.69 Å². The maximum absolute atomic E-state index is 13.4. The molecule has 7 heteroatoms. The predicted octanol–water partition coefficient (Wildman–Crippen LogP) is 2.47. The zero-order valence-electron chi connectivity index (χ0n) is 12.5. The van der Waals surface area contributed by atoms with Crippen molar-refractivity contribution in [2.45, 2.75) is 13.8 Å². The number of aromatic nitrogens is 2. The van der Waals surface area contributed by atoms with Gasteiger partial charge in [0.05, 0.1) is 5.69 Å². The Hall–Kier alpha value is -2.70. The number of halogens is 1. The van der Waals surface area contributed by atoms with Crippen molar-refractivity contribution < 1.29 is 9.18 Å². The van der Waals surface area contributed by atoms with Crippen molar-refractivity contribution in [2.24, 2.45) is 0 Å². The summed E-state index contributed by atoms with van der Waals surface area (Å²) in [6.07, 6.45) is 0. The molecule has 0 bridgehead atoms. The van der Waals surface area contributed by atoms with Crippen LogP contribution in [0.15, 0.2) is 30.3 Å². The van der Waals surface area contributed by atoms with Crippen molar-refractivity contribution in [1.82, 2.24) is 15.5 Å². The van der Waals surface area contributed by atoms with Gasteiger partial charge in [-0.15, -0.1) is 5.10 Å². The van der Waals surface area contributed by atoms with Crippen LogP contribution >= 0.6 is 0 Å². The third-order valence-corrected chi connectivity index (χ3v) is 3.03. The molecular weight excluding hydrogens is 285 g/mol. The second-order valence-electron chi connectivity index (χ2n) is 4.78. The Morgan fingerprint density at radius 2 is 1.95 bits per heavy atom. The summed E-state index contributed by atoms with van der Waals surface area (Å²) in [5.74, 6) is 0.297. The van der Waals surface area contributed by atoms with Gasteiger partial charge in [0, 0.05) is 24.3 Å². The van der Waals surface area contributed by atoms with Gasteiger partial charge in [-0.1, -0.05) is 6.07 Å². The normalized spacial score (nSPS) is 10.1. The van der Waals surface area contributed by atoms with Crippen LogP contribution in [-0.4, -0.2) is 29.3 Å². The van der Waals surface area contributed by atoms with Crippen LogP contribution in [0.3, 0.4) is 0 Å². The molecule has 22 heavy (non-hydrogen) atoms. The molecule has 6 nitrogen and oxygen atoms in total. The number of nitrogens with zero attached hydrogens (tertiary/aromatic N) is 2. The maximum atomic E-state index is 13.4. The Balaban J connectivity index is 1.74. The Morgan fingerprint density at radius 1 is 1.14 bits per heavy atom. The largest absolute Gasteiger partial charge is 0.367 e. The minimum Gasteiger partial charge on any atom is -0.367 e. The van der Waals surface area contributed by atoms with Crippen LogP contribution in [0.2, 0.25) is 0 Å². The molecule has 1 heterocycles. The molecule has 0 aliphatic carbocycles. The van der Waals surface area contributed by atoms with Gasteiger partial charge in [0.15, 0.2) is 0 Å². The maximum Gasteiger partial charge on any atom is 0.319 e. The molecule has 0 aliphatic rings. The van der Waals surface area contributed by atoms with Crippen LogP contribution in [0.25, 0.3) is 0 Å². The number of nitrogens with one attached hydrogen (secondary N) is 3. The highest BCUT2D eigenvalue weighted by molar-refractivity contribution is 5.90. The summed E-state index contributed by atoms with van der Waals surface area (Å²) in [5.41, 5.74) is 1.70. The summed E-state index contributed by atoms with van der Waals surface area (Å²) in [4.78, 5) is 11.7. The van der Waals surface area contributed by atoms with E-state index in [4.69, 9.17) is 0 Å².